The molecule has 3 aliphatic rings. The lowest BCUT2D eigenvalue weighted by Gasteiger charge is -2.36. The summed E-state index contributed by atoms with van der Waals surface area (Å²) in [7, 11) is 0. The standard InChI is InChI=1S/C23H30N2O4/c1-16-9-13-25(14-10-16)22(28)17-5-7-18(8-6-17)24-21(27)19-15-20(26)29-23(19)11-3-2-4-12-23/h5-8,16,19H,2-4,9-15H2,1H3,(H,24,27)/t19-/m1/s1. The summed E-state index contributed by atoms with van der Waals surface area (Å²) in [5, 5.41) is 2.93. The van der Waals surface area contributed by atoms with Crippen LogP contribution >= 0.6 is 0 Å². The predicted octanol–water partition coefficient (Wildman–Crippen LogP) is 3.76. The zero-order valence-electron chi connectivity index (χ0n) is 17.1. The average Bonchev–Trinajstić information content (AvgIpc) is 3.04. The summed E-state index contributed by atoms with van der Waals surface area (Å²) < 4.78 is 5.64. The molecule has 2 aliphatic heterocycles. The van der Waals surface area contributed by atoms with Gasteiger partial charge in [-0.3, -0.25) is 14.4 Å². The number of carbonyl (C=O) groups excluding carboxylic acids is 3. The summed E-state index contributed by atoms with van der Waals surface area (Å²) in [5.74, 6) is -0.154. The van der Waals surface area contributed by atoms with E-state index in [1.807, 2.05) is 4.90 Å². The van der Waals surface area contributed by atoms with Crippen molar-refractivity contribution in [1.29, 1.82) is 0 Å². The van der Waals surface area contributed by atoms with Crippen molar-refractivity contribution in [3.05, 3.63) is 29.8 Å². The Labute approximate surface area is 172 Å². The third kappa shape index (κ3) is 4.16. The summed E-state index contributed by atoms with van der Waals surface area (Å²) in [6.07, 6.45) is 6.87. The van der Waals surface area contributed by atoms with Crippen molar-refractivity contribution in [2.24, 2.45) is 11.8 Å². The molecule has 1 atom stereocenters. The number of piperidine rings is 1. The number of hydrogen-bond acceptors (Lipinski definition) is 4. The molecular formula is C23H30N2O4. The first kappa shape index (κ1) is 19.9. The molecule has 0 radical (unpaired) electrons. The number of likely N-dealkylation sites (tertiary alicyclic amines) is 1. The van der Waals surface area contributed by atoms with Crippen molar-refractivity contribution < 1.29 is 19.1 Å². The van der Waals surface area contributed by atoms with Gasteiger partial charge in [0.25, 0.3) is 5.91 Å². The maximum Gasteiger partial charge on any atom is 0.307 e. The van der Waals surface area contributed by atoms with Crippen LogP contribution < -0.4 is 5.32 Å². The fourth-order valence-corrected chi connectivity index (χ4v) is 4.94. The van der Waals surface area contributed by atoms with E-state index in [0.717, 1.165) is 58.0 Å². The summed E-state index contributed by atoms with van der Waals surface area (Å²) in [4.78, 5) is 39.4. The van der Waals surface area contributed by atoms with Crippen molar-refractivity contribution >= 4 is 23.5 Å². The number of nitrogens with one attached hydrogen (secondary N) is 1. The molecule has 3 fully saturated rings. The first-order valence-corrected chi connectivity index (χ1v) is 10.9. The normalized spacial score (nSPS) is 24.4. The van der Waals surface area contributed by atoms with E-state index in [1.54, 1.807) is 24.3 Å². The van der Waals surface area contributed by atoms with Gasteiger partial charge in [-0.2, -0.15) is 0 Å². The highest BCUT2D eigenvalue weighted by molar-refractivity contribution is 5.98. The van der Waals surface area contributed by atoms with E-state index in [9.17, 15) is 14.4 Å². The molecule has 4 rings (SSSR count). The quantitative estimate of drug-likeness (QED) is 0.787. The summed E-state index contributed by atoms with van der Waals surface area (Å²) in [5.41, 5.74) is 0.658. The van der Waals surface area contributed by atoms with Crippen LogP contribution in [0.4, 0.5) is 5.69 Å². The maximum absolute atomic E-state index is 12.9. The van der Waals surface area contributed by atoms with E-state index in [2.05, 4.69) is 12.2 Å². The van der Waals surface area contributed by atoms with Gasteiger partial charge in [-0.25, -0.2) is 0 Å². The van der Waals surface area contributed by atoms with Gasteiger partial charge in [0.2, 0.25) is 5.91 Å². The number of hydrogen-bond donors (Lipinski definition) is 1. The van der Waals surface area contributed by atoms with Gasteiger partial charge in [-0.05, 0) is 68.7 Å². The predicted molar refractivity (Wildman–Crippen MR) is 109 cm³/mol. The van der Waals surface area contributed by atoms with Gasteiger partial charge in [0.05, 0.1) is 12.3 Å². The van der Waals surface area contributed by atoms with Crippen LogP contribution in [0, 0.1) is 11.8 Å². The number of amides is 2. The Hall–Kier alpha value is -2.37. The van der Waals surface area contributed by atoms with Crippen LogP contribution in [0.5, 0.6) is 0 Å². The molecule has 1 aromatic carbocycles. The first-order valence-electron chi connectivity index (χ1n) is 10.9. The largest absolute Gasteiger partial charge is 0.458 e. The van der Waals surface area contributed by atoms with Crippen LogP contribution in [0.1, 0.15) is 68.6 Å². The van der Waals surface area contributed by atoms with Crippen LogP contribution in [0.2, 0.25) is 0 Å². The zero-order chi connectivity index (χ0) is 20.4. The van der Waals surface area contributed by atoms with Crippen molar-refractivity contribution in [3.8, 4) is 0 Å². The molecule has 2 saturated heterocycles. The van der Waals surface area contributed by atoms with Crippen molar-refractivity contribution in [3.63, 3.8) is 0 Å². The number of benzene rings is 1. The van der Waals surface area contributed by atoms with E-state index in [-0.39, 0.29) is 24.2 Å². The minimum absolute atomic E-state index is 0.0470. The Morgan fingerprint density at radius 2 is 1.72 bits per heavy atom. The molecule has 0 unspecified atom stereocenters. The van der Waals surface area contributed by atoms with Crippen LogP contribution in [-0.2, 0) is 14.3 Å². The number of nitrogens with zero attached hydrogens (tertiary/aromatic N) is 1. The maximum atomic E-state index is 12.9. The van der Waals surface area contributed by atoms with Crippen molar-refractivity contribution in [1.82, 2.24) is 4.90 Å². The topological polar surface area (TPSA) is 75.7 Å². The number of carbonyl (C=O) groups is 3. The summed E-state index contributed by atoms with van der Waals surface area (Å²) >= 11 is 0. The third-order valence-electron chi connectivity index (χ3n) is 6.81. The van der Waals surface area contributed by atoms with E-state index in [4.69, 9.17) is 4.74 Å². The fourth-order valence-electron chi connectivity index (χ4n) is 4.94. The lowest BCUT2D eigenvalue weighted by molar-refractivity contribution is -0.153. The summed E-state index contributed by atoms with van der Waals surface area (Å²) in [6, 6.07) is 7.07. The van der Waals surface area contributed by atoms with Gasteiger partial charge in [0.15, 0.2) is 0 Å². The van der Waals surface area contributed by atoms with Crippen LogP contribution in [0.3, 0.4) is 0 Å². The highest BCUT2D eigenvalue weighted by Crippen LogP contribution is 2.44. The van der Waals surface area contributed by atoms with Crippen molar-refractivity contribution in [2.45, 2.75) is 63.9 Å². The molecule has 156 valence electrons. The molecule has 1 spiro atoms. The van der Waals surface area contributed by atoms with Gasteiger partial charge >= 0.3 is 5.97 Å². The van der Waals surface area contributed by atoms with Gasteiger partial charge in [0, 0.05) is 24.3 Å². The van der Waals surface area contributed by atoms with Crippen LogP contribution in [0.25, 0.3) is 0 Å². The Balaban J connectivity index is 1.40. The highest BCUT2D eigenvalue weighted by Gasteiger charge is 2.52. The third-order valence-corrected chi connectivity index (χ3v) is 6.81. The Morgan fingerprint density at radius 1 is 1.07 bits per heavy atom. The molecule has 29 heavy (non-hydrogen) atoms. The molecule has 0 bridgehead atoms. The minimum atomic E-state index is -0.624. The van der Waals surface area contributed by atoms with Gasteiger partial charge < -0.3 is 15.0 Å². The number of anilines is 1. The van der Waals surface area contributed by atoms with Gasteiger partial charge in [-0.15, -0.1) is 0 Å². The smallest absolute Gasteiger partial charge is 0.307 e. The second-order valence-corrected chi connectivity index (χ2v) is 8.90. The Kier molecular flexibility index (Phi) is 5.61. The van der Waals surface area contributed by atoms with Crippen molar-refractivity contribution in [2.75, 3.05) is 18.4 Å². The Bertz CT molecular complexity index is 775. The van der Waals surface area contributed by atoms with E-state index in [0.29, 0.717) is 17.2 Å². The minimum Gasteiger partial charge on any atom is -0.458 e. The molecular weight excluding hydrogens is 368 g/mol. The zero-order valence-corrected chi connectivity index (χ0v) is 17.1. The molecule has 1 N–H and O–H groups in total. The fraction of sp³-hybridized carbons (Fsp3) is 0.609. The highest BCUT2D eigenvalue weighted by atomic mass is 16.6. The lowest BCUT2D eigenvalue weighted by Crippen LogP contribution is -2.43. The SMILES string of the molecule is CC1CCN(C(=O)c2ccc(NC(=O)[C@H]3CC(=O)OC34CCCCC4)cc2)CC1. The average molecular weight is 399 g/mol. The monoisotopic (exact) mass is 398 g/mol. The molecule has 2 amide bonds. The molecule has 1 saturated carbocycles. The molecule has 6 nitrogen and oxygen atoms in total. The second-order valence-electron chi connectivity index (χ2n) is 8.90. The molecule has 6 heteroatoms. The second kappa shape index (κ2) is 8.17. The summed E-state index contributed by atoms with van der Waals surface area (Å²) in [6.45, 7) is 3.83. The van der Waals surface area contributed by atoms with E-state index < -0.39 is 11.5 Å². The lowest BCUT2D eigenvalue weighted by atomic mass is 9.75. The van der Waals surface area contributed by atoms with Crippen LogP contribution in [-0.4, -0.2) is 41.4 Å². The number of esters is 1. The van der Waals surface area contributed by atoms with Gasteiger partial charge in [0.1, 0.15) is 5.60 Å². The number of ether oxygens (including phenoxy) is 1. The van der Waals surface area contributed by atoms with Crippen LogP contribution in [0.15, 0.2) is 24.3 Å². The number of rotatable bonds is 3. The first-order chi connectivity index (χ1) is 14.0. The van der Waals surface area contributed by atoms with E-state index in [1.165, 1.54) is 0 Å². The van der Waals surface area contributed by atoms with E-state index >= 15 is 0 Å². The molecule has 2 heterocycles. The Morgan fingerprint density at radius 3 is 2.38 bits per heavy atom. The van der Waals surface area contributed by atoms with Gasteiger partial charge in [-0.1, -0.05) is 13.3 Å². The molecule has 1 aliphatic carbocycles. The molecule has 0 aromatic heterocycles. The molecule has 1 aromatic rings.